The molecule has 6 heteroatoms. The van der Waals surface area contributed by atoms with Crippen LogP contribution in [-0.4, -0.2) is 42.0 Å². The Morgan fingerprint density at radius 3 is 2.47 bits per heavy atom. The topological polar surface area (TPSA) is 75.6 Å². The molecule has 0 aliphatic carbocycles. The van der Waals surface area contributed by atoms with Gasteiger partial charge in [0.25, 0.3) is 0 Å². The van der Waals surface area contributed by atoms with Gasteiger partial charge in [-0.25, -0.2) is 4.79 Å². The quantitative estimate of drug-likeness (QED) is 0.427. The first-order valence-electron chi connectivity index (χ1n) is 5.68. The lowest BCUT2D eigenvalue weighted by Gasteiger charge is -2.12. The number of carbonyl (C=O) groups is 2. The van der Waals surface area contributed by atoms with Crippen molar-refractivity contribution in [3.63, 3.8) is 0 Å². The monoisotopic (exact) mass is 263 g/mol. The highest BCUT2D eigenvalue weighted by atomic mass is 32.1. The van der Waals surface area contributed by atoms with Crippen LogP contribution in [-0.2, 0) is 14.3 Å². The summed E-state index contributed by atoms with van der Waals surface area (Å²) < 4.78 is 5.26. The normalized spacial score (nSPS) is 12.5. The minimum Gasteiger partial charge on any atom is -0.480 e. The van der Waals surface area contributed by atoms with E-state index < -0.39 is 12.0 Å². The van der Waals surface area contributed by atoms with Crippen molar-refractivity contribution in [2.24, 2.45) is 5.92 Å². The fourth-order valence-corrected chi connectivity index (χ4v) is 1.29. The predicted octanol–water partition coefficient (Wildman–Crippen LogP) is 0.938. The van der Waals surface area contributed by atoms with Crippen LogP contribution in [0.3, 0.4) is 0 Å². The first-order valence-corrected chi connectivity index (χ1v) is 6.31. The molecule has 0 aliphatic heterocycles. The molecule has 100 valence electrons. The molecular formula is C11H21NO4S. The van der Waals surface area contributed by atoms with Crippen molar-refractivity contribution in [3.8, 4) is 0 Å². The summed E-state index contributed by atoms with van der Waals surface area (Å²) in [6.07, 6.45) is 1.13. The Morgan fingerprint density at radius 1 is 1.35 bits per heavy atom. The van der Waals surface area contributed by atoms with Gasteiger partial charge in [-0.3, -0.25) is 4.79 Å². The average Bonchev–Trinajstić information content (AvgIpc) is 2.24. The van der Waals surface area contributed by atoms with Gasteiger partial charge in [0.05, 0.1) is 6.61 Å². The maximum absolute atomic E-state index is 11.3. The Labute approximate surface area is 107 Å². The molecule has 0 spiro atoms. The maximum atomic E-state index is 11.3. The van der Waals surface area contributed by atoms with Gasteiger partial charge in [-0.15, -0.1) is 0 Å². The van der Waals surface area contributed by atoms with E-state index in [1.807, 2.05) is 0 Å². The lowest BCUT2D eigenvalue weighted by atomic mass is 10.1. The third kappa shape index (κ3) is 9.00. The molecule has 0 bridgehead atoms. The molecule has 2 N–H and O–H groups in total. The number of hydrogen-bond donors (Lipinski definition) is 3. The van der Waals surface area contributed by atoms with Gasteiger partial charge < -0.3 is 15.2 Å². The molecule has 0 rings (SSSR count). The Morgan fingerprint density at radius 2 is 2.00 bits per heavy atom. The van der Waals surface area contributed by atoms with Crippen LogP contribution >= 0.6 is 12.6 Å². The maximum Gasteiger partial charge on any atom is 0.327 e. The zero-order valence-electron chi connectivity index (χ0n) is 10.3. The van der Waals surface area contributed by atoms with Crippen molar-refractivity contribution < 1.29 is 19.4 Å². The minimum absolute atomic E-state index is 0.0787. The van der Waals surface area contributed by atoms with E-state index in [9.17, 15) is 9.59 Å². The van der Waals surface area contributed by atoms with Crippen LogP contribution in [0.1, 0.15) is 26.7 Å². The summed E-state index contributed by atoms with van der Waals surface area (Å²) >= 11 is 3.85. The second-order valence-electron chi connectivity index (χ2n) is 4.19. The number of nitrogens with one attached hydrogen (secondary N) is 1. The Balaban J connectivity index is 3.62. The summed E-state index contributed by atoms with van der Waals surface area (Å²) in [5.41, 5.74) is 0. The molecule has 0 unspecified atom stereocenters. The van der Waals surface area contributed by atoms with E-state index in [2.05, 4.69) is 31.8 Å². The third-order valence-corrected chi connectivity index (χ3v) is 2.49. The van der Waals surface area contributed by atoms with Gasteiger partial charge in [-0.1, -0.05) is 13.8 Å². The van der Waals surface area contributed by atoms with Crippen LogP contribution < -0.4 is 5.32 Å². The molecule has 0 fully saturated rings. The summed E-state index contributed by atoms with van der Waals surface area (Å²) in [5.74, 6) is -0.746. The Bertz CT molecular complexity index is 246. The number of thiol groups is 1. The molecule has 1 amide bonds. The largest absolute Gasteiger partial charge is 0.480 e. The van der Waals surface area contributed by atoms with Crippen molar-refractivity contribution in [1.29, 1.82) is 0 Å². The second kappa shape index (κ2) is 9.30. The highest BCUT2D eigenvalue weighted by Gasteiger charge is 2.17. The number of hydrogen-bond acceptors (Lipinski definition) is 4. The van der Waals surface area contributed by atoms with Crippen LogP contribution in [0.15, 0.2) is 0 Å². The fourth-order valence-electron chi connectivity index (χ4n) is 1.04. The number of carboxylic acid groups (broad SMARTS) is 1. The zero-order chi connectivity index (χ0) is 13.3. The summed E-state index contributed by atoms with van der Waals surface area (Å²) in [7, 11) is 0. The molecule has 17 heavy (non-hydrogen) atoms. The molecule has 0 aromatic rings. The van der Waals surface area contributed by atoms with E-state index >= 15 is 0 Å². The molecule has 0 heterocycles. The number of aliphatic carboxylic acids is 1. The van der Waals surface area contributed by atoms with Crippen molar-refractivity contribution in [2.75, 3.05) is 19.0 Å². The lowest BCUT2D eigenvalue weighted by Crippen LogP contribution is -2.42. The summed E-state index contributed by atoms with van der Waals surface area (Å²) in [6, 6.07) is -0.929. The van der Waals surface area contributed by atoms with Gasteiger partial charge in [0.2, 0.25) is 5.91 Å². The van der Waals surface area contributed by atoms with Gasteiger partial charge in [-0.05, 0) is 12.3 Å². The first-order chi connectivity index (χ1) is 7.97. The van der Waals surface area contributed by atoms with Gasteiger partial charge in [0.15, 0.2) is 0 Å². The van der Waals surface area contributed by atoms with Crippen LogP contribution in [0.2, 0.25) is 0 Å². The number of carbonyl (C=O) groups excluding carboxylic acids is 1. The number of rotatable bonds is 9. The molecular weight excluding hydrogens is 242 g/mol. The smallest absolute Gasteiger partial charge is 0.327 e. The van der Waals surface area contributed by atoms with Crippen molar-refractivity contribution in [2.45, 2.75) is 32.7 Å². The molecule has 0 radical (unpaired) electrons. The van der Waals surface area contributed by atoms with E-state index in [4.69, 9.17) is 9.84 Å². The standard InChI is InChI=1S/C11H21NO4S/c1-8(2)3-5-16-6-4-10(13)12-9(7-17)11(14)15/h8-9,17H,3-7H2,1-2H3,(H,12,13)(H,14,15)/t9-/m1/s1. The summed E-state index contributed by atoms with van der Waals surface area (Å²) in [6.45, 7) is 5.14. The molecule has 0 saturated heterocycles. The number of carboxylic acids is 1. The van der Waals surface area contributed by atoms with E-state index in [-0.39, 0.29) is 18.1 Å². The molecule has 0 aromatic carbocycles. The van der Waals surface area contributed by atoms with Crippen molar-refractivity contribution >= 4 is 24.5 Å². The van der Waals surface area contributed by atoms with Gasteiger partial charge in [0.1, 0.15) is 6.04 Å². The van der Waals surface area contributed by atoms with Crippen LogP contribution in [0.4, 0.5) is 0 Å². The molecule has 0 saturated carbocycles. The van der Waals surface area contributed by atoms with Crippen LogP contribution in [0, 0.1) is 5.92 Å². The predicted molar refractivity (Wildman–Crippen MR) is 68.3 cm³/mol. The van der Waals surface area contributed by atoms with E-state index in [1.165, 1.54) is 0 Å². The lowest BCUT2D eigenvalue weighted by molar-refractivity contribution is -0.141. The van der Waals surface area contributed by atoms with E-state index in [0.29, 0.717) is 19.1 Å². The SMILES string of the molecule is CC(C)CCOCCC(=O)N[C@H](CS)C(=O)O. The first kappa shape index (κ1) is 16.2. The fraction of sp³-hybridized carbons (Fsp3) is 0.818. The second-order valence-corrected chi connectivity index (χ2v) is 4.55. The number of amides is 1. The minimum atomic E-state index is -1.07. The average molecular weight is 263 g/mol. The molecule has 1 atom stereocenters. The van der Waals surface area contributed by atoms with Crippen molar-refractivity contribution in [1.82, 2.24) is 5.32 Å². The van der Waals surface area contributed by atoms with Gasteiger partial charge in [0, 0.05) is 18.8 Å². The summed E-state index contributed by atoms with van der Waals surface area (Å²) in [4.78, 5) is 21.9. The molecule has 0 aliphatic rings. The molecule has 0 aromatic heterocycles. The van der Waals surface area contributed by atoms with Crippen molar-refractivity contribution in [3.05, 3.63) is 0 Å². The van der Waals surface area contributed by atoms with Gasteiger partial charge >= 0.3 is 5.97 Å². The Hall–Kier alpha value is -0.750. The molecule has 5 nitrogen and oxygen atoms in total. The van der Waals surface area contributed by atoms with Crippen LogP contribution in [0.25, 0.3) is 0 Å². The Kier molecular flexibility index (Phi) is 8.89. The highest BCUT2D eigenvalue weighted by molar-refractivity contribution is 7.80. The van der Waals surface area contributed by atoms with E-state index in [1.54, 1.807) is 0 Å². The zero-order valence-corrected chi connectivity index (χ0v) is 11.2. The number of ether oxygens (including phenoxy) is 1. The highest BCUT2D eigenvalue weighted by Crippen LogP contribution is 1.99. The van der Waals surface area contributed by atoms with Crippen LogP contribution in [0.5, 0.6) is 0 Å². The third-order valence-electron chi connectivity index (χ3n) is 2.13. The van der Waals surface area contributed by atoms with E-state index in [0.717, 1.165) is 6.42 Å². The van der Waals surface area contributed by atoms with Gasteiger partial charge in [-0.2, -0.15) is 12.6 Å². The summed E-state index contributed by atoms with van der Waals surface area (Å²) in [5, 5.41) is 11.1.